The van der Waals surface area contributed by atoms with Crippen LogP contribution in [-0.2, 0) is 0 Å². The molecule has 1 amide bonds. The third-order valence-corrected chi connectivity index (χ3v) is 3.18. The summed E-state index contributed by atoms with van der Waals surface area (Å²) in [5.74, 6) is -0.219. The van der Waals surface area contributed by atoms with Crippen LogP contribution in [0.2, 0.25) is 0 Å². The molecule has 0 saturated heterocycles. The molecule has 8 heteroatoms. The van der Waals surface area contributed by atoms with E-state index in [1.54, 1.807) is 26.5 Å². The summed E-state index contributed by atoms with van der Waals surface area (Å²) in [6.45, 7) is 0. The zero-order valence-electron chi connectivity index (χ0n) is 10.8. The molecule has 2 aromatic rings. The van der Waals surface area contributed by atoms with Crippen LogP contribution in [0.3, 0.4) is 0 Å². The minimum absolute atomic E-state index is 0.0974. The molecule has 1 aromatic carbocycles. The van der Waals surface area contributed by atoms with Crippen LogP contribution in [0.1, 0.15) is 10.4 Å². The van der Waals surface area contributed by atoms with Gasteiger partial charge in [0, 0.05) is 31.9 Å². The molecule has 0 N–H and O–H groups in total. The second kappa shape index (κ2) is 5.57. The van der Waals surface area contributed by atoms with Gasteiger partial charge in [-0.2, -0.15) is 5.10 Å². The molecule has 0 bridgehead atoms. The molecule has 0 atom stereocenters. The van der Waals surface area contributed by atoms with Gasteiger partial charge in [-0.1, -0.05) is 0 Å². The molecule has 0 unspecified atom stereocenters. The fourth-order valence-electron chi connectivity index (χ4n) is 1.69. The fraction of sp³-hybridized carbons (Fsp3) is 0.167. The Labute approximate surface area is 128 Å². The number of carbonyl (C=O) groups is 1. The van der Waals surface area contributed by atoms with Crippen molar-refractivity contribution in [1.82, 2.24) is 14.7 Å². The summed E-state index contributed by atoms with van der Waals surface area (Å²) in [5.41, 5.74) is 0.548. The van der Waals surface area contributed by atoms with Gasteiger partial charge in [0.2, 0.25) is 0 Å². The van der Waals surface area contributed by atoms with Crippen LogP contribution in [0.25, 0.3) is 5.69 Å². The highest BCUT2D eigenvalue weighted by Gasteiger charge is 2.19. The van der Waals surface area contributed by atoms with E-state index >= 15 is 0 Å². The molecule has 0 aliphatic carbocycles. The quantitative estimate of drug-likeness (QED) is 0.460. The largest absolute Gasteiger partial charge is 0.345 e. The van der Waals surface area contributed by atoms with Gasteiger partial charge in [-0.15, -0.1) is 0 Å². The van der Waals surface area contributed by atoms with Gasteiger partial charge in [0.25, 0.3) is 11.6 Å². The number of halogens is 1. The minimum Gasteiger partial charge on any atom is -0.345 e. The van der Waals surface area contributed by atoms with Crippen LogP contribution in [0.4, 0.5) is 5.69 Å². The standard InChI is InChI=1S/C12H11IN4O3/c1-15(2)12(18)8-3-4-10(17(19)20)11(5-8)16-7-9(13)6-14-16/h3-7H,1-2H3. The smallest absolute Gasteiger partial charge is 0.294 e. The molecular formula is C12H11IN4O3. The molecule has 0 aliphatic heterocycles. The Morgan fingerprint density at radius 3 is 2.65 bits per heavy atom. The Morgan fingerprint density at radius 2 is 2.15 bits per heavy atom. The molecule has 0 saturated carbocycles. The highest BCUT2D eigenvalue weighted by atomic mass is 127. The van der Waals surface area contributed by atoms with Crippen molar-refractivity contribution in [2.24, 2.45) is 0 Å². The first kappa shape index (κ1) is 14.4. The van der Waals surface area contributed by atoms with Crippen molar-refractivity contribution in [2.45, 2.75) is 0 Å². The normalized spacial score (nSPS) is 10.3. The molecule has 20 heavy (non-hydrogen) atoms. The fourth-order valence-corrected chi connectivity index (χ4v) is 2.07. The number of hydrogen-bond donors (Lipinski definition) is 0. The van der Waals surface area contributed by atoms with E-state index in [1.165, 1.54) is 27.8 Å². The minimum atomic E-state index is -0.492. The van der Waals surface area contributed by atoms with Crippen LogP contribution in [0, 0.1) is 13.7 Å². The molecule has 2 rings (SSSR count). The highest BCUT2D eigenvalue weighted by Crippen LogP contribution is 2.24. The van der Waals surface area contributed by atoms with E-state index in [0.717, 1.165) is 3.57 Å². The van der Waals surface area contributed by atoms with Crippen molar-refractivity contribution in [1.29, 1.82) is 0 Å². The van der Waals surface area contributed by atoms with Gasteiger partial charge >= 0.3 is 0 Å². The third-order valence-electron chi connectivity index (χ3n) is 2.62. The SMILES string of the molecule is CN(C)C(=O)c1ccc([N+](=O)[O-])c(-n2cc(I)cn2)c1. The third kappa shape index (κ3) is 2.79. The van der Waals surface area contributed by atoms with Crippen molar-refractivity contribution < 1.29 is 9.72 Å². The first-order chi connectivity index (χ1) is 9.40. The van der Waals surface area contributed by atoms with E-state index in [4.69, 9.17) is 0 Å². The lowest BCUT2D eigenvalue weighted by atomic mass is 10.1. The van der Waals surface area contributed by atoms with Gasteiger partial charge in [-0.05, 0) is 34.7 Å². The number of nitrogens with zero attached hydrogens (tertiary/aromatic N) is 4. The summed E-state index contributed by atoms with van der Waals surface area (Å²) in [7, 11) is 3.25. The Bertz CT molecular complexity index is 681. The number of benzene rings is 1. The molecular weight excluding hydrogens is 375 g/mol. The van der Waals surface area contributed by atoms with Gasteiger partial charge in [0.15, 0.2) is 0 Å². The van der Waals surface area contributed by atoms with Crippen LogP contribution in [0.5, 0.6) is 0 Å². The maximum Gasteiger partial charge on any atom is 0.294 e. The first-order valence-electron chi connectivity index (χ1n) is 5.61. The van der Waals surface area contributed by atoms with Crippen LogP contribution in [0.15, 0.2) is 30.6 Å². The number of carbonyl (C=O) groups excluding carboxylic acids is 1. The summed E-state index contributed by atoms with van der Waals surface area (Å²) in [5, 5.41) is 15.1. The van der Waals surface area contributed by atoms with Crippen molar-refractivity contribution in [3.8, 4) is 5.69 Å². The monoisotopic (exact) mass is 386 g/mol. The molecule has 0 spiro atoms. The number of nitro groups is 1. The zero-order valence-corrected chi connectivity index (χ0v) is 12.9. The summed E-state index contributed by atoms with van der Waals surface area (Å²) in [6.07, 6.45) is 3.25. The average Bonchev–Trinajstić information content (AvgIpc) is 2.83. The number of nitro benzene ring substituents is 1. The molecule has 0 fully saturated rings. The lowest BCUT2D eigenvalue weighted by molar-refractivity contribution is -0.384. The van der Waals surface area contributed by atoms with Gasteiger partial charge in [-0.3, -0.25) is 14.9 Å². The maximum absolute atomic E-state index is 11.9. The molecule has 1 aromatic heterocycles. The number of rotatable bonds is 3. The predicted molar refractivity (Wildman–Crippen MR) is 81.0 cm³/mol. The predicted octanol–water partition coefficient (Wildman–Crippen LogP) is 2.09. The molecule has 7 nitrogen and oxygen atoms in total. The zero-order chi connectivity index (χ0) is 14.9. The van der Waals surface area contributed by atoms with E-state index in [2.05, 4.69) is 27.7 Å². The van der Waals surface area contributed by atoms with Crippen LogP contribution >= 0.6 is 22.6 Å². The van der Waals surface area contributed by atoms with Crippen LogP contribution in [-0.4, -0.2) is 39.6 Å². The van der Waals surface area contributed by atoms with Gasteiger partial charge < -0.3 is 4.90 Å². The van der Waals surface area contributed by atoms with E-state index in [9.17, 15) is 14.9 Å². The molecule has 104 valence electrons. The number of hydrogen-bond acceptors (Lipinski definition) is 4. The van der Waals surface area contributed by atoms with E-state index < -0.39 is 4.92 Å². The van der Waals surface area contributed by atoms with Crippen molar-refractivity contribution in [3.63, 3.8) is 0 Å². The van der Waals surface area contributed by atoms with E-state index in [1.807, 2.05) is 0 Å². The van der Waals surface area contributed by atoms with Gasteiger partial charge in [0.1, 0.15) is 5.69 Å². The lowest BCUT2D eigenvalue weighted by Crippen LogP contribution is -2.22. The summed E-state index contributed by atoms with van der Waals surface area (Å²) >= 11 is 2.06. The summed E-state index contributed by atoms with van der Waals surface area (Å²) in [4.78, 5) is 23.9. The Kier molecular flexibility index (Phi) is 4.02. The topological polar surface area (TPSA) is 81.3 Å². The maximum atomic E-state index is 11.9. The summed E-state index contributed by atoms with van der Waals surface area (Å²) in [6, 6.07) is 4.24. The molecule has 0 aliphatic rings. The van der Waals surface area contributed by atoms with Crippen molar-refractivity contribution >= 4 is 34.2 Å². The lowest BCUT2D eigenvalue weighted by Gasteiger charge is -2.11. The second-order valence-corrected chi connectivity index (χ2v) is 5.51. The number of aromatic nitrogens is 2. The molecule has 1 heterocycles. The van der Waals surface area contributed by atoms with Gasteiger partial charge in [0.05, 0.1) is 14.7 Å². The van der Waals surface area contributed by atoms with E-state index in [-0.39, 0.29) is 17.3 Å². The average molecular weight is 386 g/mol. The summed E-state index contributed by atoms with van der Waals surface area (Å²) < 4.78 is 2.24. The Hall–Kier alpha value is -1.97. The van der Waals surface area contributed by atoms with Gasteiger partial charge in [-0.25, -0.2) is 4.68 Å². The molecule has 0 radical (unpaired) electrons. The highest BCUT2D eigenvalue weighted by molar-refractivity contribution is 14.1. The van der Waals surface area contributed by atoms with Crippen LogP contribution < -0.4 is 0 Å². The second-order valence-electron chi connectivity index (χ2n) is 4.26. The van der Waals surface area contributed by atoms with Crippen molar-refractivity contribution in [2.75, 3.05) is 14.1 Å². The Balaban J connectivity index is 2.59. The van der Waals surface area contributed by atoms with Crippen molar-refractivity contribution in [3.05, 3.63) is 49.8 Å². The number of amides is 1. The first-order valence-corrected chi connectivity index (χ1v) is 6.68. The van der Waals surface area contributed by atoms with E-state index in [0.29, 0.717) is 5.56 Å². The Morgan fingerprint density at radius 1 is 1.45 bits per heavy atom.